The Labute approximate surface area is 107 Å². The zero-order chi connectivity index (χ0) is 11.8. The van der Waals surface area contributed by atoms with Crippen LogP contribution in [0.15, 0.2) is 5.38 Å². The number of rotatable bonds is 2. The van der Waals surface area contributed by atoms with Crippen LogP contribution in [0.3, 0.4) is 0 Å². The van der Waals surface area contributed by atoms with Gasteiger partial charge in [0.05, 0.1) is 16.7 Å². The molecule has 2 fully saturated rings. The van der Waals surface area contributed by atoms with Crippen molar-refractivity contribution in [2.45, 2.75) is 57.2 Å². The van der Waals surface area contributed by atoms with Crippen molar-refractivity contribution < 1.29 is 0 Å². The molecule has 2 aliphatic rings. The summed E-state index contributed by atoms with van der Waals surface area (Å²) >= 11 is 1.75. The molecule has 1 aromatic rings. The van der Waals surface area contributed by atoms with Crippen molar-refractivity contribution in [3.05, 3.63) is 16.1 Å². The number of likely N-dealkylation sites (tertiary alicyclic amines) is 1. The van der Waals surface area contributed by atoms with Crippen LogP contribution in [0.25, 0.3) is 0 Å². The van der Waals surface area contributed by atoms with Gasteiger partial charge < -0.3 is 5.73 Å². The molecule has 0 radical (unpaired) electrons. The van der Waals surface area contributed by atoms with Crippen LogP contribution in [0.4, 0.5) is 0 Å². The van der Waals surface area contributed by atoms with E-state index < -0.39 is 0 Å². The van der Waals surface area contributed by atoms with E-state index in [9.17, 15) is 0 Å². The first kappa shape index (κ1) is 11.6. The van der Waals surface area contributed by atoms with E-state index in [0.717, 1.165) is 17.5 Å². The lowest BCUT2D eigenvalue weighted by Crippen LogP contribution is -2.41. The second-order valence-corrected chi connectivity index (χ2v) is 6.43. The molecule has 2 atom stereocenters. The van der Waals surface area contributed by atoms with Gasteiger partial charge in [-0.3, -0.25) is 4.90 Å². The summed E-state index contributed by atoms with van der Waals surface area (Å²) in [5, 5.41) is 3.37. The van der Waals surface area contributed by atoms with Crippen molar-refractivity contribution in [3.8, 4) is 0 Å². The van der Waals surface area contributed by atoms with Gasteiger partial charge in [-0.1, -0.05) is 6.42 Å². The lowest BCUT2D eigenvalue weighted by molar-refractivity contribution is 0.172. The fraction of sp³-hybridized carbons (Fsp3) is 0.769. The average molecular weight is 251 g/mol. The number of aromatic nitrogens is 1. The minimum absolute atomic E-state index is 0.264. The molecule has 17 heavy (non-hydrogen) atoms. The molecule has 1 saturated carbocycles. The average Bonchev–Trinajstić information content (AvgIpc) is 3.07. The highest BCUT2D eigenvalue weighted by atomic mass is 32.1. The zero-order valence-electron chi connectivity index (χ0n) is 10.4. The van der Waals surface area contributed by atoms with Crippen LogP contribution < -0.4 is 5.73 Å². The van der Waals surface area contributed by atoms with Crippen molar-refractivity contribution in [2.75, 3.05) is 6.54 Å². The van der Waals surface area contributed by atoms with Crippen molar-refractivity contribution >= 4 is 11.3 Å². The fourth-order valence-corrected chi connectivity index (χ4v) is 3.58. The van der Waals surface area contributed by atoms with E-state index in [1.807, 2.05) is 0 Å². The molecule has 1 aliphatic carbocycles. The summed E-state index contributed by atoms with van der Waals surface area (Å²) < 4.78 is 0. The molecular formula is C13H21N3S. The first-order valence-electron chi connectivity index (χ1n) is 6.69. The molecule has 94 valence electrons. The Morgan fingerprint density at radius 3 is 2.82 bits per heavy atom. The number of nitrogens with two attached hydrogens (primary N) is 1. The van der Waals surface area contributed by atoms with E-state index in [-0.39, 0.29) is 6.04 Å². The monoisotopic (exact) mass is 251 g/mol. The van der Waals surface area contributed by atoms with Gasteiger partial charge >= 0.3 is 0 Å². The van der Waals surface area contributed by atoms with Crippen molar-refractivity contribution in [1.82, 2.24) is 9.88 Å². The summed E-state index contributed by atoms with van der Waals surface area (Å²) in [4.78, 5) is 7.31. The first-order chi connectivity index (χ1) is 8.25. The molecule has 1 saturated heterocycles. The van der Waals surface area contributed by atoms with Crippen molar-refractivity contribution in [2.24, 2.45) is 5.73 Å². The highest BCUT2D eigenvalue weighted by molar-refractivity contribution is 7.09. The van der Waals surface area contributed by atoms with Gasteiger partial charge in [-0.05, 0) is 39.2 Å². The van der Waals surface area contributed by atoms with Crippen LogP contribution in [-0.4, -0.2) is 28.5 Å². The minimum atomic E-state index is 0.264. The van der Waals surface area contributed by atoms with Crippen molar-refractivity contribution in [1.29, 1.82) is 0 Å². The molecule has 2 heterocycles. The van der Waals surface area contributed by atoms with Gasteiger partial charge in [0.25, 0.3) is 0 Å². The van der Waals surface area contributed by atoms with Crippen LogP contribution in [-0.2, 0) is 0 Å². The molecule has 0 bridgehead atoms. The highest BCUT2D eigenvalue weighted by Crippen LogP contribution is 2.38. The molecule has 0 amide bonds. The van der Waals surface area contributed by atoms with Crippen molar-refractivity contribution in [3.63, 3.8) is 0 Å². The number of hydrogen-bond acceptors (Lipinski definition) is 4. The Morgan fingerprint density at radius 2 is 2.18 bits per heavy atom. The molecule has 0 spiro atoms. The summed E-state index contributed by atoms with van der Waals surface area (Å²) in [7, 11) is 0. The lowest BCUT2D eigenvalue weighted by atomic mass is 10.0. The highest BCUT2D eigenvalue weighted by Gasteiger charge is 2.39. The third-order valence-corrected chi connectivity index (χ3v) is 4.71. The third kappa shape index (κ3) is 2.39. The first-order valence-corrected chi connectivity index (χ1v) is 7.57. The van der Waals surface area contributed by atoms with E-state index in [0.29, 0.717) is 6.04 Å². The van der Waals surface area contributed by atoms with E-state index >= 15 is 0 Å². The van der Waals surface area contributed by atoms with Crippen LogP contribution in [0.5, 0.6) is 0 Å². The summed E-state index contributed by atoms with van der Waals surface area (Å²) in [6, 6.07) is 1.42. The standard InChI is InChI=1S/C13H21N3S/c1-9-15-12(8-17-9)13-11(14)4-2-3-7-16(13)10-5-6-10/h8,10-11,13H,2-7,14H2,1H3. The smallest absolute Gasteiger partial charge is 0.0898 e. The molecule has 3 nitrogen and oxygen atoms in total. The van der Waals surface area contributed by atoms with Crippen LogP contribution >= 0.6 is 11.3 Å². The molecule has 2 unspecified atom stereocenters. The van der Waals surface area contributed by atoms with E-state index in [4.69, 9.17) is 5.73 Å². The Balaban J connectivity index is 1.89. The molecule has 2 N–H and O–H groups in total. The molecular weight excluding hydrogens is 230 g/mol. The molecule has 1 aromatic heterocycles. The summed E-state index contributed by atoms with van der Waals surface area (Å²) in [5.41, 5.74) is 7.62. The number of nitrogens with zero attached hydrogens (tertiary/aromatic N) is 2. The fourth-order valence-electron chi connectivity index (χ4n) is 2.94. The molecule has 1 aliphatic heterocycles. The van der Waals surface area contributed by atoms with Gasteiger partial charge in [-0.2, -0.15) is 0 Å². The summed E-state index contributed by atoms with van der Waals surface area (Å²) in [6.07, 6.45) is 6.41. The SMILES string of the molecule is Cc1nc(C2C(N)CCCCN2C2CC2)cs1. The zero-order valence-corrected chi connectivity index (χ0v) is 11.2. The Bertz CT molecular complexity index is 386. The Kier molecular flexibility index (Phi) is 3.19. The van der Waals surface area contributed by atoms with Gasteiger partial charge in [-0.25, -0.2) is 4.98 Å². The summed E-state index contributed by atoms with van der Waals surface area (Å²) in [5.74, 6) is 0. The largest absolute Gasteiger partial charge is 0.326 e. The maximum atomic E-state index is 6.40. The third-order valence-electron chi connectivity index (χ3n) is 3.92. The van der Waals surface area contributed by atoms with Gasteiger partial charge in [0, 0.05) is 17.5 Å². The topological polar surface area (TPSA) is 42.1 Å². The maximum absolute atomic E-state index is 6.40. The second kappa shape index (κ2) is 4.67. The van der Waals surface area contributed by atoms with Crippen LogP contribution in [0.2, 0.25) is 0 Å². The molecule has 3 rings (SSSR count). The number of hydrogen-bond donors (Lipinski definition) is 1. The predicted molar refractivity (Wildman–Crippen MR) is 71.1 cm³/mol. The van der Waals surface area contributed by atoms with Crippen LogP contribution in [0.1, 0.15) is 48.8 Å². The van der Waals surface area contributed by atoms with Crippen LogP contribution in [0, 0.1) is 6.92 Å². The Hall–Kier alpha value is -0.450. The normalized spacial score (nSPS) is 31.4. The minimum Gasteiger partial charge on any atom is -0.326 e. The van der Waals surface area contributed by atoms with Gasteiger partial charge in [0.1, 0.15) is 0 Å². The molecule has 4 heteroatoms. The van der Waals surface area contributed by atoms with Gasteiger partial charge in [-0.15, -0.1) is 11.3 Å². The maximum Gasteiger partial charge on any atom is 0.0898 e. The van der Waals surface area contributed by atoms with E-state index in [1.165, 1.54) is 37.9 Å². The van der Waals surface area contributed by atoms with Gasteiger partial charge in [0.2, 0.25) is 0 Å². The number of thiazole rings is 1. The van der Waals surface area contributed by atoms with Gasteiger partial charge in [0.15, 0.2) is 0 Å². The number of aryl methyl sites for hydroxylation is 1. The lowest BCUT2D eigenvalue weighted by Gasteiger charge is -2.32. The summed E-state index contributed by atoms with van der Waals surface area (Å²) in [6.45, 7) is 3.29. The predicted octanol–water partition coefficient (Wildman–Crippen LogP) is 2.47. The second-order valence-electron chi connectivity index (χ2n) is 5.36. The van der Waals surface area contributed by atoms with E-state index in [1.54, 1.807) is 11.3 Å². The van der Waals surface area contributed by atoms with E-state index in [2.05, 4.69) is 22.2 Å². The quantitative estimate of drug-likeness (QED) is 0.878. The molecule has 0 aromatic carbocycles. The Morgan fingerprint density at radius 1 is 1.35 bits per heavy atom.